The van der Waals surface area contributed by atoms with Gasteiger partial charge in [0.1, 0.15) is 6.33 Å². The highest BCUT2D eigenvalue weighted by Gasteiger charge is 2.27. The molecule has 2 aromatic heterocycles. The van der Waals surface area contributed by atoms with Gasteiger partial charge in [-0.3, -0.25) is 9.30 Å². The Kier molecular flexibility index (Phi) is 3.10. The fraction of sp³-hybridized carbons (Fsp3) is 0.583. The molecule has 6 nitrogen and oxygen atoms in total. The van der Waals surface area contributed by atoms with E-state index in [4.69, 9.17) is 0 Å². The molecule has 0 bridgehead atoms. The lowest BCUT2D eigenvalue weighted by molar-refractivity contribution is 0.289. The number of nitrogens with one attached hydrogen (secondary N) is 1. The number of hydrogen-bond donors (Lipinski definition) is 1. The lowest BCUT2D eigenvalue weighted by Gasteiger charge is -2.19. The maximum absolute atomic E-state index is 4.31. The normalized spacial score (nSPS) is 15.4. The molecule has 1 fully saturated rings. The van der Waals surface area contributed by atoms with Crippen molar-refractivity contribution in [1.29, 1.82) is 0 Å². The van der Waals surface area contributed by atoms with Gasteiger partial charge in [-0.2, -0.15) is 0 Å². The molecule has 3 rings (SSSR count). The maximum atomic E-state index is 4.31. The molecule has 2 heterocycles. The number of aromatic nitrogens is 4. The topological polar surface area (TPSA) is 58.4 Å². The van der Waals surface area contributed by atoms with Crippen LogP contribution in [0.25, 0.3) is 5.65 Å². The van der Waals surface area contributed by atoms with E-state index in [2.05, 4.69) is 32.3 Å². The molecule has 6 heteroatoms. The predicted molar refractivity (Wildman–Crippen MR) is 69.5 cm³/mol. The van der Waals surface area contributed by atoms with Crippen molar-refractivity contribution in [3.63, 3.8) is 0 Å². The van der Waals surface area contributed by atoms with Gasteiger partial charge in [0.2, 0.25) is 5.65 Å². The summed E-state index contributed by atoms with van der Waals surface area (Å²) in [6, 6.07) is 0.814. The van der Waals surface area contributed by atoms with Gasteiger partial charge in [0.05, 0.1) is 0 Å². The first-order valence-electron chi connectivity index (χ1n) is 6.50. The van der Waals surface area contributed by atoms with Crippen LogP contribution in [0, 0.1) is 0 Å². The average Bonchev–Trinajstić information content (AvgIpc) is 3.11. The molecule has 0 radical (unpaired) electrons. The van der Waals surface area contributed by atoms with Crippen molar-refractivity contribution in [1.82, 2.24) is 24.5 Å². The average molecular weight is 246 g/mol. The molecule has 1 aliphatic rings. The fourth-order valence-corrected chi connectivity index (χ4v) is 2.24. The van der Waals surface area contributed by atoms with Crippen molar-refractivity contribution in [2.45, 2.75) is 25.8 Å². The molecule has 1 saturated carbocycles. The quantitative estimate of drug-likeness (QED) is 0.824. The molecule has 0 unspecified atom stereocenters. The Labute approximate surface area is 106 Å². The van der Waals surface area contributed by atoms with Crippen LogP contribution < -0.4 is 5.32 Å². The SMILES string of the molecule is CCN(CCNc1nccn2cnnc12)C1CC1. The second-order valence-electron chi connectivity index (χ2n) is 4.62. The highest BCUT2D eigenvalue weighted by atomic mass is 15.3. The monoisotopic (exact) mass is 246 g/mol. The first-order valence-corrected chi connectivity index (χ1v) is 6.50. The smallest absolute Gasteiger partial charge is 0.203 e. The number of fused-ring (bicyclic) bond motifs is 1. The zero-order valence-electron chi connectivity index (χ0n) is 10.6. The molecule has 18 heavy (non-hydrogen) atoms. The standard InChI is InChI=1S/C12H18N6/c1-2-17(10-3-4-10)7-5-13-11-12-16-15-9-18(12)8-6-14-11/h6,8-10H,2-5,7H2,1H3,(H,13,14). The second kappa shape index (κ2) is 4.89. The van der Waals surface area contributed by atoms with Crippen LogP contribution in [-0.2, 0) is 0 Å². The number of rotatable bonds is 6. The van der Waals surface area contributed by atoms with Crippen LogP contribution in [0.1, 0.15) is 19.8 Å². The van der Waals surface area contributed by atoms with E-state index >= 15 is 0 Å². The Morgan fingerprint density at radius 2 is 2.39 bits per heavy atom. The molecule has 1 N–H and O–H groups in total. The third-order valence-electron chi connectivity index (χ3n) is 3.38. The minimum Gasteiger partial charge on any atom is -0.366 e. The van der Waals surface area contributed by atoms with Crippen LogP contribution in [0.2, 0.25) is 0 Å². The van der Waals surface area contributed by atoms with Crippen LogP contribution in [0.4, 0.5) is 5.82 Å². The summed E-state index contributed by atoms with van der Waals surface area (Å²) in [5.74, 6) is 0.807. The molecule has 2 aromatic rings. The maximum Gasteiger partial charge on any atom is 0.203 e. The molecule has 0 spiro atoms. The molecular weight excluding hydrogens is 228 g/mol. The van der Waals surface area contributed by atoms with E-state index in [-0.39, 0.29) is 0 Å². The van der Waals surface area contributed by atoms with Gasteiger partial charge in [-0.1, -0.05) is 6.92 Å². The van der Waals surface area contributed by atoms with Gasteiger partial charge >= 0.3 is 0 Å². The minimum atomic E-state index is 0.784. The molecule has 0 saturated heterocycles. The Balaban J connectivity index is 1.60. The summed E-state index contributed by atoms with van der Waals surface area (Å²) >= 11 is 0. The lowest BCUT2D eigenvalue weighted by Crippen LogP contribution is -2.31. The Morgan fingerprint density at radius 1 is 1.50 bits per heavy atom. The van der Waals surface area contributed by atoms with E-state index in [1.165, 1.54) is 12.8 Å². The summed E-state index contributed by atoms with van der Waals surface area (Å²) in [5, 5.41) is 11.3. The molecule has 0 atom stereocenters. The Morgan fingerprint density at radius 3 is 3.17 bits per heavy atom. The van der Waals surface area contributed by atoms with Crippen LogP contribution in [-0.4, -0.2) is 50.2 Å². The van der Waals surface area contributed by atoms with Crippen LogP contribution in [0.3, 0.4) is 0 Å². The zero-order chi connectivity index (χ0) is 12.4. The molecule has 96 valence electrons. The van der Waals surface area contributed by atoms with Gasteiger partial charge in [-0.15, -0.1) is 10.2 Å². The van der Waals surface area contributed by atoms with E-state index in [0.717, 1.165) is 37.1 Å². The second-order valence-corrected chi connectivity index (χ2v) is 4.62. The van der Waals surface area contributed by atoms with Gasteiger partial charge < -0.3 is 5.32 Å². The summed E-state index contributed by atoms with van der Waals surface area (Å²) in [6.45, 7) is 5.28. The summed E-state index contributed by atoms with van der Waals surface area (Å²) in [7, 11) is 0. The van der Waals surface area contributed by atoms with Crippen molar-refractivity contribution in [2.75, 3.05) is 25.0 Å². The van der Waals surface area contributed by atoms with Crippen molar-refractivity contribution < 1.29 is 0 Å². The number of likely N-dealkylation sites (N-methyl/N-ethyl adjacent to an activating group) is 1. The third kappa shape index (κ3) is 2.28. The van der Waals surface area contributed by atoms with E-state index < -0.39 is 0 Å². The van der Waals surface area contributed by atoms with Gasteiger partial charge in [0.25, 0.3) is 0 Å². The summed E-state index contributed by atoms with van der Waals surface area (Å²) in [6.07, 6.45) is 8.00. The van der Waals surface area contributed by atoms with Crippen LogP contribution >= 0.6 is 0 Å². The minimum absolute atomic E-state index is 0.784. The highest BCUT2D eigenvalue weighted by Crippen LogP contribution is 2.26. The van der Waals surface area contributed by atoms with Gasteiger partial charge in [0.15, 0.2) is 5.82 Å². The highest BCUT2D eigenvalue weighted by molar-refractivity contribution is 5.61. The molecule has 0 amide bonds. The molecule has 0 aliphatic heterocycles. The molecule has 0 aromatic carbocycles. The van der Waals surface area contributed by atoms with Gasteiger partial charge in [-0.05, 0) is 19.4 Å². The summed E-state index contributed by atoms with van der Waals surface area (Å²) in [5.41, 5.74) is 0.784. The van der Waals surface area contributed by atoms with Gasteiger partial charge in [0, 0.05) is 31.5 Å². The van der Waals surface area contributed by atoms with Crippen molar-refractivity contribution in [3.8, 4) is 0 Å². The number of anilines is 1. The first kappa shape index (κ1) is 11.4. The molecular formula is C12H18N6. The van der Waals surface area contributed by atoms with E-state index in [9.17, 15) is 0 Å². The zero-order valence-corrected chi connectivity index (χ0v) is 10.6. The third-order valence-corrected chi connectivity index (χ3v) is 3.38. The first-order chi connectivity index (χ1) is 8.88. The van der Waals surface area contributed by atoms with Crippen molar-refractivity contribution >= 4 is 11.5 Å². The molecule has 1 aliphatic carbocycles. The van der Waals surface area contributed by atoms with Crippen molar-refractivity contribution in [3.05, 3.63) is 18.7 Å². The summed E-state index contributed by atoms with van der Waals surface area (Å²) in [4.78, 5) is 6.82. The predicted octanol–water partition coefficient (Wildman–Crippen LogP) is 1.02. The van der Waals surface area contributed by atoms with Gasteiger partial charge in [-0.25, -0.2) is 4.98 Å². The largest absolute Gasteiger partial charge is 0.366 e. The van der Waals surface area contributed by atoms with E-state index in [1.54, 1.807) is 12.5 Å². The van der Waals surface area contributed by atoms with Crippen LogP contribution in [0.15, 0.2) is 18.7 Å². The van der Waals surface area contributed by atoms with Crippen molar-refractivity contribution in [2.24, 2.45) is 0 Å². The number of nitrogens with zero attached hydrogens (tertiary/aromatic N) is 5. The van der Waals surface area contributed by atoms with Crippen LogP contribution in [0.5, 0.6) is 0 Å². The Hall–Kier alpha value is -1.69. The summed E-state index contributed by atoms with van der Waals surface area (Å²) < 4.78 is 1.87. The Bertz CT molecular complexity index is 518. The lowest BCUT2D eigenvalue weighted by atomic mass is 10.4. The van der Waals surface area contributed by atoms with E-state index in [1.807, 2.05) is 10.6 Å². The van der Waals surface area contributed by atoms with E-state index in [0.29, 0.717) is 0 Å². The fourth-order valence-electron chi connectivity index (χ4n) is 2.24. The number of hydrogen-bond acceptors (Lipinski definition) is 5.